The van der Waals surface area contributed by atoms with Gasteiger partial charge in [0.05, 0.1) is 11.8 Å². The maximum atomic E-state index is 6.68. The van der Waals surface area contributed by atoms with Crippen LogP contribution in [-0.4, -0.2) is 11.8 Å². The molecule has 2 aliphatic heterocycles. The summed E-state index contributed by atoms with van der Waals surface area (Å²) in [6, 6.07) is 52.7. The first kappa shape index (κ1) is 27.6. The summed E-state index contributed by atoms with van der Waals surface area (Å²) >= 11 is 0. The molecule has 0 bridgehead atoms. The minimum absolute atomic E-state index is 0.0748. The zero-order valence-corrected chi connectivity index (χ0v) is 26.9. The topological polar surface area (TPSA) is 33.6 Å². The Labute approximate surface area is 280 Å². The van der Waals surface area contributed by atoms with Crippen LogP contribution in [0.5, 0.6) is 5.75 Å². The summed E-state index contributed by atoms with van der Waals surface area (Å²) in [5, 5.41) is 9.05. The van der Waals surface area contributed by atoms with Crippen molar-refractivity contribution in [1.82, 2.24) is 5.32 Å². The van der Waals surface area contributed by atoms with E-state index in [4.69, 9.17) is 9.73 Å². The highest BCUT2D eigenvalue weighted by molar-refractivity contribution is 6.10. The molecule has 0 saturated heterocycles. The molecule has 0 aromatic heterocycles. The number of nitrogens with one attached hydrogen (secondary N) is 1. The highest BCUT2D eigenvalue weighted by atomic mass is 16.5. The van der Waals surface area contributed by atoms with Crippen molar-refractivity contribution in [3.8, 4) is 28.0 Å². The van der Waals surface area contributed by atoms with Crippen LogP contribution in [0.15, 0.2) is 151 Å². The van der Waals surface area contributed by atoms with E-state index in [9.17, 15) is 0 Å². The Balaban J connectivity index is 1.17. The Hall–Kier alpha value is -5.51. The first-order valence-corrected chi connectivity index (χ1v) is 16.9. The monoisotopic (exact) mass is 618 g/mol. The number of hydrogen-bond acceptors (Lipinski definition) is 3. The third kappa shape index (κ3) is 3.95. The van der Waals surface area contributed by atoms with Gasteiger partial charge in [0.1, 0.15) is 11.9 Å². The van der Waals surface area contributed by atoms with Gasteiger partial charge in [-0.15, -0.1) is 0 Å². The minimum atomic E-state index is -0.217. The summed E-state index contributed by atoms with van der Waals surface area (Å²) in [6.07, 6.45) is -0.378. The number of aliphatic imine (C=N–C) groups is 1. The molecule has 7 aromatic carbocycles. The first-order valence-electron chi connectivity index (χ1n) is 16.9. The van der Waals surface area contributed by atoms with Gasteiger partial charge in [-0.25, -0.2) is 0 Å². The first-order chi connectivity index (χ1) is 23.6. The van der Waals surface area contributed by atoms with E-state index in [1.807, 2.05) is 6.07 Å². The van der Waals surface area contributed by atoms with E-state index in [1.165, 1.54) is 60.5 Å². The van der Waals surface area contributed by atoms with Gasteiger partial charge in [-0.05, 0) is 84.3 Å². The molecule has 0 amide bonds. The van der Waals surface area contributed by atoms with Gasteiger partial charge in [0, 0.05) is 11.0 Å². The van der Waals surface area contributed by atoms with Crippen molar-refractivity contribution in [3.63, 3.8) is 0 Å². The molecule has 2 heterocycles. The van der Waals surface area contributed by atoms with E-state index in [-0.39, 0.29) is 23.7 Å². The fourth-order valence-corrected chi connectivity index (χ4v) is 8.58. The largest absolute Gasteiger partial charge is 0.481 e. The van der Waals surface area contributed by atoms with Crippen LogP contribution in [0.1, 0.15) is 53.9 Å². The Morgan fingerprint density at radius 3 is 2.17 bits per heavy atom. The van der Waals surface area contributed by atoms with E-state index < -0.39 is 0 Å². The van der Waals surface area contributed by atoms with Crippen molar-refractivity contribution in [3.05, 3.63) is 173 Å². The summed E-state index contributed by atoms with van der Waals surface area (Å²) in [4.78, 5) is 5.25. The molecule has 0 radical (unpaired) electrons. The number of benzene rings is 7. The molecule has 3 nitrogen and oxygen atoms in total. The van der Waals surface area contributed by atoms with Crippen LogP contribution in [0, 0.1) is 0 Å². The predicted molar refractivity (Wildman–Crippen MR) is 197 cm³/mol. The second-order valence-electron chi connectivity index (χ2n) is 13.9. The molecule has 48 heavy (non-hydrogen) atoms. The average Bonchev–Trinajstić information content (AvgIpc) is 3.63. The fraction of sp³-hybridized carbons (Fsp3) is 0.133. The molecule has 3 aliphatic rings. The standard InChI is InChI=1S/C45H34N2O/c1-45(2)37-26-30(41-43-42(35-20-10-11-22-38(35)48-43)47-44(46-41)28-14-4-3-5-15-28)23-24-34(37)39-36(25-29-16-7-9-19-32(29)40(39)45)33-21-12-17-27-13-6-8-18-31(27)33/h3-26,41,43-44,46H,1-2H3. The molecule has 3 unspecified atom stereocenters. The zero-order chi connectivity index (χ0) is 32.0. The van der Waals surface area contributed by atoms with Crippen LogP contribution in [0.3, 0.4) is 0 Å². The molecule has 1 N–H and O–H groups in total. The van der Waals surface area contributed by atoms with E-state index in [0.717, 1.165) is 22.6 Å². The summed E-state index contributed by atoms with van der Waals surface area (Å²) in [5.41, 5.74) is 12.3. The van der Waals surface area contributed by atoms with Crippen molar-refractivity contribution in [1.29, 1.82) is 0 Å². The zero-order valence-electron chi connectivity index (χ0n) is 26.9. The molecule has 10 rings (SSSR count). The smallest absolute Gasteiger partial charge is 0.160 e. The molecule has 0 spiro atoms. The maximum absolute atomic E-state index is 6.68. The van der Waals surface area contributed by atoms with Crippen LogP contribution in [0.4, 0.5) is 0 Å². The highest BCUT2D eigenvalue weighted by Gasteiger charge is 2.44. The summed E-state index contributed by atoms with van der Waals surface area (Å²) in [6.45, 7) is 4.80. The number of ether oxygens (including phenoxy) is 1. The van der Waals surface area contributed by atoms with Gasteiger partial charge >= 0.3 is 0 Å². The van der Waals surface area contributed by atoms with Gasteiger partial charge in [0.2, 0.25) is 0 Å². The lowest BCUT2D eigenvalue weighted by atomic mass is 9.78. The number of hydrogen-bond donors (Lipinski definition) is 1. The predicted octanol–water partition coefficient (Wildman–Crippen LogP) is 10.6. The quantitative estimate of drug-likeness (QED) is 0.214. The summed E-state index contributed by atoms with van der Waals surface area (Å²) in [5.74, 6) is 0.904. The van der Waals surface area contributed by atoms with E-state index in [2.05, 4.69) is 159 Å². The molecule has 7 aromatic rings. The van der Waals surface area contributed by atoms with Gasteiger partial charge in [0.15, 0.2) is 6.10 Å². The molecular formula is C45H34N2O. The van der Waals surface area contributed by atoms with Gasteiger partial charge in [-0.2, -0.15) is 0 Å². The van der Waals surface area contributed by atoms with Crippen molar-refractivity contribution in [2.75, 3.05) is 0 Å². The van der Waals surface area contributed by atoms with Crippen LogP contribution in [0.25, 0.3) is 43.8 Å². The van der Waals surface area contributed by atoms with Gasteiger partial charge in [-0.3, -0.25) is 10.3 Å². The lowest BCUT2D eigenvalue weighted by molar-refractivity contribution is 0.205. The van der Waals surface area contributed by atoms with Gasteiger partial charge in [0.25, 0.3) is 0 Å². The number of rotatable bonds is 3. The summed E-state index contributed by atoms with van der Waals surface area (Å²) < 4.78 is 6.68. The van der Waals surface area contributed by atoms with Gasteiger partial charge < -0.3 is 4.74 Å². The molecule has 0 saturated carbocycles. The molecular weight excluding hydrogens is 585 g/mol. The number of nitrogens with zero attached hydrogens (tertiary/aromatic N) is 1. The molecule has 0 fully saturated rings. The Kier molecular flexibility index (Phi) is 5.89. The number of para-hydroxylation sites is 1. The third-order valence-corrected chi connectivity index (χ3v) is 10.8. The SMILES string of the molecule is CC1(C)c2cc(C3NC(c4ccccc4)N=C4c5ccccc5OC43)ccc2-c2c(-c3cccc4ccccc34)cc3ccccc3c21. The minimum Gasteiger partial charge on any atom is -0.481 e. The fourth-order valence-electron chi connectivity index (χ4n) is 8.58. The van der Waals surface area contributed by atoms with Crippen molar-refractivity contribution in [2.24, 2.45) is 4.99 Å². The van der Waals surface area contributed by atoms with Crippen LogP contribution in [-0.2, 0) is 5.41 Å². The van der Waals surface area contributed by atoms with Gasteiger partial charge in [-0.1, -0.05) is 141 Å². The van der Waals surface area contributed by atoms with E-state index >= 15 is 0 Å². The normalized spacial score (nSPS) is 20.0. The molecule has 1 aliphatic carbocycles. The average molecular weight is 619 g/mol. The van der Waals surface area contributed by atoms with Crippen LogP contribution < -0.4 is 10.1 Å². The second kappa shape index (κ2) is 10.2. The highest BCUT2D eigenvalue weighted by Crippen LogP contribution is 2.56. The van der Waals surface area contributed by atoms with E-state index in [0.29, 0.717) is 0 Å². The lowest BCUT2D eigenvalue weighted by Gasteiger charge is -2.34. The maximum Gasteiger partial charge on any atom is 0.160 e. The summed E-state index contributed by atoms with van der Waals surface area (Å²) in [7, 11) is 0. The molecule has 3 heteroatoms. The lowest BCUT2D eigenvalue weighted by Crippen LogP contribution is -2.44. The van der Waals surface area contributed by atoms with E-state index in [1.54, 1.807) is 0 Å². The molecule has 230 valence electrons. The Morgan fingerprint density at radius 1 is 0.583 bits per heavy atom. The van der Waals surface area contributed by atoms with Crippen LogP contribution in [0.2, 0.25) is 0 Å². The Morgan fingerprint density at radius 2 is 1.29 bits per heavy atom. The third-order valence-electron chi connectivity index (χ3n) is 10.8. The Bertz CT molecular complexity index is 2450. The number of fused-ring (bicyclic) bond motifs is 9. The molecule has 3 atom stereocenters. The van der Waals surface area contributed by atoms with Crippen molar-refractivity contribution in [2.45, 2.75) is 37.6 Å². The van der Waals surface area contributed by atoms with Crippen molar-refractivity contribution >= 4 is 27.3 Å². The second-order valence-corrected chi connectivity index (χ2v) is 13.9. The van der Waals surface area contributed by atoms with Crippen molar-refractivity contribution < 1.29 is 4.74 Å². The van der Waals surface area contributed by atoms with Crippen LogP contribution >= 0.6 is 0 Å².